The van der Waals surface area contributed by atoms with Crippen molar-refractivity contribution in [2.24, 2.45) is 5.92 Å². The Balaban J connectivity index is 2.38. The summed E-state index contributed by atoms with van der Waals surface area (Å²) in [6.07, 6.45) is 5.99. The smallest absolute Gasteiger partial charge is 0.128 e. The zero-order valence-electron chi connectivity index (χ0n) is 13.2. The molecule has 0 saturated heterocycles. The Kier molecular flexibility index (Phi) is 5.47. The van der Waals surface area contributed by atoms with Crippen LogP contribution in [0.1, 0.15) is 51.1 Å². The molecule has 21 heavy (non-hydrogen) atoms. The van der Waals surface area contributed by atoms with E-state index in [9.17, 15) is 0 Å². The third-order valence-electron chi connectivity index (χ3n) is 4.59. The molecule has 1 aliphatic rings. The number of hydrogen-bond acceptors (Lipinski definition) is 4. The van der Waals surface area contributed by atoms with Gasteiger partial charge in [-0.05, 0) is 51.6 Å². The van der Waals surface area contributed by atoms with E-state index in [1.165, 1.54) is 12.8 Å². The molecule has 1 heterocycles. The van der Waals surface area contributed by atoms with E-state index in [-0.39, 0.29) is 11.6 Å². The average Bonchev–Trinajstić information content (AvgIpc) is 2.47. The van der Waals surface area contributed by atoms with E-state index in [1.807, 2.05) is 20.0 Å². The van der Waals surface area contributed by atoms with Gasteiger partial charge >= 0.3 is 0 Å². The normalized spacial score (nSPS) is 27.5. The van der Waals surface area contributed by atoms with Crippen LogP contribution in [0.4, 0.5) is 5.82 Å². The molecule has 5 heteroatoms. The molecule has 3 N–H and O–H groups in total. The minimum absolute atomic E-state index is 0.0103. The first-order chi connectivity index (χ1) is 10.0. The van der Waals surface area contributed by atoms with Gasteiger partial charge in [0.15, 0.2) is 0 Å². The zero-order valence-corrected chi connectivity index (χ0v) is 13.9. The number of anilines is 1. The summed E-state index contributed by atoms with van der Waals surface area (Å²) in [5.41, 5.74) is 6.80. The summed E-state index contributed by atoms with van der Waals surface area (Å²) >= 11 is 6.12. The Morgan fingerprint density at radius 1 is 1.52 bits per heavy atom. The number of ether oxygens (including phenoxy) is 1. The SMILES string of the molecule is CCOC1(C(NC)c2cc(Cl)cnc2N)CCC(C)CC1. The quantitative estimate of drug-likeness (QED) is 0.873. The molecule has 2 rings (SSSR count). The molecule has 1 saturated carbocycles. The third-order valence-corrected chi connectivity index (χ3v) is 4.80. The lowest BCUT2D eigenvalue weighted by Crippen LogP contribution is -2.48. The second-order valence-corrected chi connectivity index (χ2v) is 6.47. The number of rotatable bonds is 5. The molecule has 0 aliphatic heterocycles. The van der Waals surface area contributed by atoms with Gasteiger partial charge in [-0.15, -0.1) is 0 Å². The maximum absolute atomic E-state index is 6.23. The molecule has 1 aliphatic carbocycles. The van der Waals surface area contributed by atoms with Crippen LogP contribution >= 0.6 is 11.6 Å². The number of likely N-dealkylation sites (N-methyl/N-ethyl adjacent to an activating group) is 1. The number of hydrogen-bond donors (Lipinski definition) is 2. The van der Waals surface area contributed by atoms with E-state index in [0.29, 0.717) is 17.4 Å². The lowest BCUT2D eigenvalue weighted by Gasteiger charge is -2.45. The summed E-state index contributed by atoms with van der Waals surface area (Å²) < 4.78 is 6.23. The van der Waals surface area contributed by atoms with Crippen LogP contribution in [-0.2, 0) is 4.74 Å². The van der Waals surface area contributed by atoms with Crippen molar-refractivity contribution in [1.29, 1.82) is 0 Å². The molecule has 1 atom stereocenters. The molecule has 0 aromatic carbocycles. The number of nitrogens with two attached hydrogens (primary N) is 1. The van der Waals surface area contributed by atoms with E-state index in [2.05, 4.69) is 17.2 Å². The predicted molar refractivity (Wildman–Crippen MR) is 87.4 cm³/mol. The average molecular weight is 312 g/mol. The van der Waals surface area contributed by atoms with Gasteiger partial charge in [-0.3, -0.25) is 0 Å². The summed E-state index contributed by atoms with van der Waals surface area (Å²) in [7, 11) is 1.95. The molecule has 4 nitrogen and oxygen atoms in total. The molecule has 0 radical (unpaired) electrons. The summed E-state index contributed by atoms with van der Waals surface area (Å²) in [6.45, 7) is 5.05. The fourth-order valence-corrected chi connectivity index (χ4v) is 3.62. The number of pyridine rings is 1. The van der Waals surface area contributed by atoms with Crippen LogP contribution < -0.4 is 11.1 Å². The Hall–Kier alpha value is -0.840. The highest BCUT2D eigenvalue weighted by Gasteiger charge is 2.43. The third kappa shape index (κ3) is 3.50. The summed E-state index contributed by atoms with van der Waals surface area (Å²) in [5.74, 6) is 1.28. The first-order valence-corrected chi connectivity index (χ1v) is 8.12. The van der Waals surface area contributed by atoms with Gasteiger partial charge in [0.1, 0.15) is 5.82 Å². The van der Waals surface area contributed by atoms with Crippen LogP contribution in [0.2, 0.25) is 5.02 Å². The van der Waals surface area contributed by atoms with Crippen molar-refractivity contribution >= 4 is 17.4 Å². The summed E-state index contributed by atoms with van der Waals surface area (Å²) in [4.78, 5) is 4.20. The Labute approximate surface area is 132 Å². The van der Waals surface area contributed by atoms with Crippen molar-refractivity contribution in [2.45, 2.75) is 51.2 Å². The van der Waals surface area contributed by atoms with E-state index >= 15 is 0 Å². The number of nitrogen functional groups attached to an aromatic ring is 1. The Morgan fingerprint density at radius 2 is 2.19 bits per heavy atom. The standard InChI is InChI=1S/C16H26ClN3O/c1-4-21-16(7-5-11(2)6-8-16)14(19-3)13-9-12(17)10-20-15(13)18/h9-11,14,19H,4-8H2,1-3H3,(H2,18,20). The number of nitrogens with one attached hydrogen (secondary N) is 1. The second kappa shape index (κ2) is 6.95. The number of halogens is 1. The van der Waals surface area contributed by atoms with Gasteiger partial charge in [-0.1, -0.05) is 18.5 Å². The van der Waals surface area contributed by atoms with E-state index in [4.69, 9.17) is 22.1 Å². The maximum atomic E-state index is 6.23. The molecular weight excluding hydrogens is 286 g/mol. The van der Waals surface area contributed by atoms with Gasteiger partial charge in [0.05, 0.1) is 16.7 Å². The molecular formula is C16H26ClN3O. The van der Waals surface area contributed by atoms with Gasteiger partial charge < -0.3 is 15.8 Å². The summed E-state index contributed by atoms with van der Waals surface area (Å²) in [6, 6.07) is 1.92. The van der Waals surface area contributed by atoms with Gasteiger partial charge in [0.2, 0.25) is 0 Å². The van der Waals surface area contributed by atoms with Crippen LogP contribution in [0.25, 0.3) is 0 Å². The van der Waals surface area contributed by atoms with Crippen molar-refractivity contribution in [1.82, 2.24) is 10.3 Å². The van der Waals surface area contributed by atoms with E-state index in [0.717, 1.165) is 24.3 Å². The molecule has 0 amide bonds. The molecule has 118 valence electrons. The van der Waals surface area contributed by atoms with Crippen LogP contribution in [-0.4, -0.2) is 24.2 Å². The monoisotopic (exact) mass is 311 g/mol. The van der Waals surface area contributed by atoms with Crippen molar-refractivity contribution in [3.63, 3.8) is 0 Å². The van der Waals surface area contributed by atoms with Gasteiger partial charge in [0, 0.05) is 18.4 Å². The first kappa shape index (κ1) is 16.5. The van der Waals surface area contributed by atoms with E-state index in [1.54, 1.807) is 6.20 Å². The second-order valence-electron chi connectivity index (χ2n) is 6.03. The number of nitrogens with zero attached hydrogens (tertiary/aromatic N) is 1. The fourth-order valence-electron chi connectivity index (χ4n) is 3.45. The van der Waals surface area contributed by atoms with Crippen LogP contribution in [0.5, 0.6) is 0 Å². The lowest BCUT2D eigenvalue weighted by molar-refractivity contribution is -0.0961. The molecule has 1 aromatic heterocycles. The van der Waals surface area contributed by atoms with Crippen LogP contribution in [0, 0.1) is 5.92 Å². The Bertz CT molecular complexity index is 473. The van der Waals surface area contributed by atoms with Gasteiger partial charge in [0.25, 0.3) is 0 Å². The molecule has 1 unspecified atom stereocenters. The van der Waals surface area contributed by atoms with E-state index < -0.39 is 0 Å². The van der Waals surface area contributed by atoms with Crippen LogP contribution in [0.15, 0.2) is 12.3 Å². The predicted octanol–water partition coefficient (Wildman–Crippen LogP) is 3.56. The fraction of sp³-hybridized carbons (Fsp3) is 0.688. The molecule has 1 fully saturated rings. The van der Waals surface area contributed by atoms with Crippen molar-refractivity contribution < 1.29 is 4.74 Å². The zero-order chi connectivity index (χ0) is 15.5. The van der Waals surface area contributed by atoms with Gasteiger partial charge in [-0.25, -0.2) is 4.98 Å². The van der Waals surface area contributed by atoms with Gasteiger partial charge in [-0.2, -0.15) is 0 Å². The van der Waals surface area contributed by atoms with Crippen molar-refractivity contribution in [3.8, 4) is 0 Å². The highest BCUT2D eigenvalue weighted by Crippen LogP contribution is 2.44. The Morgan fingerprint density at radius 3 is 2.76 bits per heavy atom. The number of aromatic nitrogens is 1. The molecule has 1 aromatic rings. The topological polar surface area (TPSA) is 60.2 Å². The lowest BCUT2D eigenvalue weighted by atomic mass is 9.73. The molecule has 0 spiro atoms. The largest absolute Gasteiger partial charge is 0.383 e. The summed E-state index contributed by atoms with van der Waals surface area (Å²) in [5, 5.41) is 4.00. The highest BCUT2D eigenvalue weighted by atomic mass is 35.5. The minimum Gasteiger partial charge on any atom is -0.383 e. The highest BCUT2D eigenvalue weighted by molar-refractivity contribution is 6.30. The first-order valence-electron chi connectivity index (χ1n) is 7.74. The molecule has 0 bridgehead atoms. The minimum atomic E-state index is -0.226. The van der Waals surface area contributed by atoms with Crippen LogP contribution in [0.3, 0.4) is 0 Å². The van der Waals surface area contributed by atoms with Crippen molar-refractivity contribution in [3.05, 3.63) is 22.8 Å². The van der Waals surface area contributed by atoms with Crippen molar-refractivity contribution in [2.75, 3.05) is 19.4 Å². The maximum Gasteiger partial charge on any atom is 0.128 e.